The van der Waals surface area contributed by atoms with Crippen molar-refractivity contribution >= 4 is 5.91 Å². The van der Waals surface area contributed by atoms with Gasteiger partial charge in [-0.05, 0) is 50.5 Å². The molecule has 1 aromatic carbocycles. The van der Waals surface area contributed by atoms with Gasteiger partial charge >= 0.3 is 0 Å². The summed E-state index contributed by atoms with van der Waals surface area (Å²) in [5, 5.41) is 7.48. The molecule has 6 heteroatoms. The zero-order chi connectivity index (χ0) is 15.4. The molecule has 1 aliphatic heterocycles. The van der Waals surface area contributed by atoms with Gasteiger partial charge in [0.05, 0.1) is 0 Å². The lowest BCUT2D eigenvalue weighted by molar-refractivity contribution is -0.136. The van der Waals surface area contributed by atoms with E-state index in [1.165, 1.54) is 12.8 Å². The van der Waals surface area contributed by atoms with Crippen LogP contribution in [-0.2, 0) is 4.79 Å². The maximum Gasteiger partial charge on any atom is 0.260 e. The predicted octanol–water partition coefficient (Wildman–Crippen LogP) is 2.52. The number of ether oxygens (including phenoxy) is 1. The number of likely N-dealkylation sites (tertiary alicyclic amines) is 1. The highest BCUT2D eigenvalue weighted by Crippen LogP contribution is 2.21. The lowest BCUT2D eigenvalue weighted by Crippen LogP contribution is -2.44. The summed E-state index contributed by atoms with van der Waals surface area (Å²) >= 11 is 0. The first-order valence-corrected chi connectivity index (χ1v) is 7.53. The molecule has 1 aromatic heterocycles. The molecule has 1 saturated heterocycles. The lowest BCUT2D eigenvalue weighted by Gasteiger charge is -2.33. The van der Waals surface area contributed by atoms with Crippen molar-refractivity contribution in [1.82, 2.24) is 15.1 Å². The number of aromatic nitrogens is 2. The minimum Gasteiger partial charge on any atom is -0.484 e. The average molecular weight is 301 g/mol. The van der Waals surface area contributed by atoms with Crippen molar-refractivity contribution in [2.24, 2.45) is 0 Å². The summed E-state index contributed by atoms with van der Waals surface area (Å²) in [5.74, 6) is 1.17. The van der Waals surface area contributed by atoms with Gasteiger partial charge in [0.2, 0.25) is 12.3 Å². The SMILES string of the molecule is CC1CCCCN1C(=O)COc1ccc(-c2nnco2)cc1. The molecule has 0 aliphatic carbocycles. The Kier molecular flexibility index (Phi) is 4.37. The molecule has 3 rings (SSSR count). The van der Waals surface area contributed by atoms with E-state index in [-0.39, 0.29) is 12.5 Å². The third kappa shape index (κ3) is 3.27. The molecule has 22 heavy (non-hydrogen) atoms. The van der Waals surface area contributed by atoms with Crippen LogP contribution in [0.1, 0.15) is 26.2 Å². The van der Waals surface area contributed by atoms with Crippen molar-refractivity contribution < 1.29 is 13.9 Å². The number of benzene rings is 1. The monoisotopic (exact) mass is 301 g/mol. The van der Waals surface area contributed by atoms with E-state index in [4.69, 9.17) is 9.15 Å². The quantitative estimate of drug-likeness (QED) is 0.868. The maximum absolute atomic E-state index is 12.2. The van der Waals surface area contributed by atoms with E-state index in [0.29, 0.717) is 17.7 Å². The van der Waals surface area contributed by atoms with Gasteiger partial charge < -0.3 is 14.1 Å². The van der Waals surface area contributed by atoms with E-state index < -0.39 is 0 Å². The van der Waals surface area contributed by atoms with Crippen LogP contribution in [-0.4, -0.2) is 40.2 Å². The number of carbonyl (C=O) groups is 1. The Bertz CT molecular complexity index is 610. The van der Waals surface area contributed by atoms with Crippen LogP contribution >= 0.6 is 0 Å². The van der Waals surface area contributed by atoms with Gasteiger partial charge in [0.1, 0.15) is 5.75 Å². The van der Waals surface area contributed by atoms with Crippen molar-refractivity contribution in [3.05, 3.63) is 30.7 Å². The smallest absolute Gasteiger partial charge is 0.260 e. The zero-order valence-electron chi connectivity index (χ0n) is 12.6. The Morgan fingerprint density at radius 1 is 1.36 bits per heavy atom. The number of nitrogens with zero attached hydrogens (tertiary/aromatic N) is 3. The van der Waals surface area contributed by atoms with E-state index in [1.807, 2.05) is 17.0 Å². The maximum atomic E-state index is 12.2. The van der Waals surface area contributed by atoms with Crippen LogP contribution in [0.25, 0.3) is 11.5 Å². The summed E-state index contributed by atoms with van der Waals surface area (Å²) < 4.78 is 10.7. The summed E-state index contributed by atoms with van der Waals surface area (Å²) in [5.41, 5.74) is 0.820. The molecule has 0 N–H and O–H groups in total. The van der Waals surface area contributed by atoms with Gasteiger partial charge in [0.15, 0.2) is 6.61 Å². The highest BCUT2D eigenvalue weighted by Gasteiger charge is 2.23. The van der Waals surface area contributed by atoms with Gasteiger partial charge in [-0.2, -0.15) is 0 Å². The van der Waals surface area contributed by atoms with Crippen LogP contribution in [0.5, 0.6) is 5.75 Å². The molecule has 116 valence electrons. The molecule has 0 spiro atoms. The van der Waals surface area contributed by atoms with Crippen molar-refractivity contribution in [2.45, 2.75) is 32.2 Å². The Morgan fingerprint density at radius 2 is 2.18 bits per heavy atom. The van der Waals surface area contributed by atoms with Gasteiger partial charge in [-0.3, -0.25) is 4.79 Å². The van der Waals surface area contributed by atoms with Crippen molar-refractivity contribution in [3.63, 3.8) is 0 Å². The molecule has 1 atom stereocenters. The molecule has 6 nitrogen and oxygen atoms in total. The molecule has 0 radical (unpaired) electrons. The van der Waals surface area contributed by atoms with E-state index in [2.05, 4.69) is 17.1 Å². The van der Waals surface area contributed by atoms with Gasteiger partial charge in [0, 0.05) is 18.2 Å². The lowest BCUT2D eigenvalue weighted by atomic mass is 10.0. The number of hydrogen-bond acceptors (Lipinski definition) is 5. The van der Waals surface area contributed by atoms with Crippen LogP contribution < -0.4 is 4.74 Å². The molecule has 1 amide bonds. The standard InChI is InChI=1S/C16H19N3O3/c1-12-4-2-3-9-19(12)15(20)10-21-14-7-5-13(6-8-14)16-18-17-11-22-16/h5-8,11-12H,2-4,9-10H2,1H3. The topological polar surface area (TPSA) is 68.5 Å². The van der Waals surface area contributed by atoms with Crippen molar-refractivity contribution in [2.75, 3.05) is 13.2 Å². The number of piperidine rings is 1. The van der Waals surface area contributed by atoms with E-state index in [1.54, 1.807) is 12.1 Å². The minimum absolute atomic E-state index is 0.0492. The van der Waals surface area contributed by atoms with Crippen LogP contribution in [0.15, 0.2) is 35.1 Å². The second kappa shape index (κ2) is 6.60. The highest BCUT2D eigenvalue weighted by molar-refractivity contribution is 5.78. The average Bonchev–Trinajstić information content (AvgIpc) is 3.08. The Hall–Kier alpha value is -2.37. The molecule has 2 heterocycles. The molecule has 0 saturated carbocycles. The van der Waals surface area contributed by atoms with Gasteiger partial charge in [-0.25, -0.2) is 0 Å². The number of carbonyl (C=O) groups excluding carboxylic acids is 1. The molecular formula is C16H19N3O3. The summed E-state index contributed by atoms with van der Waals surface area (Å²) in [4.78, 5) is 14.1. The third-order valence-electron chi connectivity index (χ3n) is 3.95. The first kappa shape index (κ1) is 14.6. The van der Waals surface area contributed by atoms with Crippen LogP contribution in [0.3, 0.4) is 0 Å². The molecule has 1 fully saturated rings. The minimum atomic E-state index is 0.0492. The number of rotatable bonds is 4. The predicted molar refractivity (Wildman–Crippen MR) is 80.3 cm³/mol. The first-order chi connectivity index (χ1) is 10.7. The highest BCUT2D eigenvalue weighted by atomic mass is 16.5. The molecular weight excluding hydrogens is 282 g/mol. The van der Waals surface area contributed by atoms with Crippen molar-refractivity contribution in [1.29, 1.82) is 0 Å². The van der Waals surface area contributed by atoms with Gasteiger partial charge in [-0.1, -0.05) is 0 Å². The van der Waals surface area contributed by atoms with Crippen molar-refractivity contribution in [3.8, 4) is 17.2 Å². The summed E-state index contributed by atoms with van der Waals surface area (Å²) in [6.45, 7) is 3.00. The zero-order valence-corrected chi connectivity index (χ0v) is 12.6. The van der Waals surface area contributed by atoms with Crippen LogP contribution in [0.2, 0.25) is 0 Å². The second-order valence-corrected chi connectivity index (χ2v) is 5.49. The largest absolute Gasteiger partial charge is 0.484 e. The fourth-order valence-corrected chi connectivity index (χ4v) is 2.69. The number of amides is 1. The molecule has 1 aliphatic rings. The Balaban J connectivity index is 1.56. The van der Waals surface area contributed by atoms with Crippen LogP contribution in [0, 0.1) is 0 Å². The third-order valence-corrected chi connectivity index (χ3v) is 3.95. The van der Waals surface area contributed by atoms with E-state index in [9.17, 15) is 4.79 Å². The summed E-state index contributed by atoms with van der Waals surface area (Å²) in [7, 11) is 0. The molecule has 2 aromatic rings. The molecule has 1 unspecified atom stereocenters. The normalized spacial score (nSPS) is 18.2. The fraction of sp³-hybridized carbons (Fsp3) is 0.438. The fourth-order valence-electron chi connectivity index (χ4n) is 2.69. The van der Waals surface area contributed by atoms with E-state index in [0.717, 1.165) is 24.9 Å². The molecule has 0 bridgehead atoms. The second-order valence-electron chi connectivity index (χ2n) is 5.49. The van der Waals surface area contributed by atoms with Crippen LogP contribution in [0.4, 0.5) is 0 Å². The first-order valence-electron chi connectivity index (χ1n) is 7.53. The van der Waals surface area contributed by atoms with Gasteiger partial charge in [0.25, 0.3) is 5.91 Å². The van der Waals surface area contributed by atoms with E-state index >= 15 is 0 Å². The van der Waals surface area contributed by atoms with Gasteiger partial charge in [-0.15, -0.1) is 10.2 Å². The Labute approximate surface area is 129 Å². The summed E-state index contributed by atoms with van der Waals surface area (Å²) in [6.07, 6.45) is 4.64. The summed E-state index contributed by atoms with van der Waals surface area (Å²) in [6, 6.07) is 7.57. The Morgan fingerprint density at radius 3 is 2.86 bits per heavy atom. The number of hydrogen-bond donors (Lipinski definition) is 0.